The Morgan fingerprint density at radius 3 is 1.70 bits per heavy atom. The highest BCUT2D eigenvalue weighted by molar-refractivity contribution is 6.99. The van der Waals surface area contributed by atoms with Crippen LogP contribution >= 0.6 is 0 Å². The molecule has 0 aliphatic heterocycles. The summed E-state index contributed by atoms with van der Waals surface area (Å²) in [4.78, 5) is 0. The Bertz CT molecular complexity index is 1540. The zero-order chi connectivity index (χ0) is 30.3. The van der Waals surface area contributed by atoms with Gasteiger partial charge in [0.2, 0.25) is 0 Å². The van der Waals surface area contributed by atoms with Gasteiger partial charge in [0.1, 0.15) is 24.2 Å². The van der Waals surface area contributed by atoms with Crippen molar-refractivity contribution in [3.8, 4) is 11.5 Å². The zero-order valence-electron chi connectivity index (χ0n) is 25.4. The fourth-order valence-corrected chi connectivity index (χ4v) is 10.4. The maximum Gasteiger partial charge on any atom is 0.261 e. The lowest BCUT2D eigenvalue weighted by molar-refractivity contribution is 0.211. The van der Waals surface area contributed by atoms with Gasteiger partial charge in [-0.15, -0.1) is 0 Å². The first kappa shape index (κ1) is 30.3. The van der Waals surface area contributed by atoms with E-state index in [0.717, 1.165) is 16.7 Å². The van der Waals surface area contributed by atoms with E-state index in [2.05, 4.69) is 69.3 Å². The summed E-state index contributed by atoms with van der Waals surface area (Å²) in [5.41, 5.74) is 3.31. The predicted octanol–water partition coefficient (Wildman–Crippen LogP) is 7.43. The largest absolute Gasteiger partial charge is 0.496 e. The fourth-order valence-electron chi connectivity index (χ4n) is 5.83. The standard InChI is InChI=1S/C38H40O4Si/c1-38(2,3)43(33-21-13-7-14-22-33,34-23-15-8-16-24-34)42-28-31-25-32(41-27-29-17-9-5-10-18-29)26-35(37(31)40-4)36(39)30-19-11-6-12-20-30/h5-26,36,39H,27-28H2,1-4H3. The molecule has 0 radical (unpaired) electrons. The minimum Gasteiger partial charge on any atom is -0.496 e. The highest BCUT2D eigenvalue weighted by Gasteiger charge is 2.50. The fraction of sp³-hybridized carbons (Fsp3) is 0.211. The number of aliphatic hydroxyl groups is 1. The number of hydrogen-bond donors (Lipinski definition) is 1. The molecule has 220 valence electrons. The van der Waals surface area contributed by atoms with Crippen LogP contribution < -0.4 is 19.8 Å². The highest BCUT2D eigenvalue weighted by atomic mass is 28.4. The lowest BCUT2D eigenvalue weighted by atomic mass is 9.98. The van der Waals surface area contributed by atoms with Crippen LogP contribution in [0, 0.1) is 0 Å². The number of methoxy groups -OCH3 is 1. The van der Waals surface area contributed by atoms with Gasteiger partial charge in [-0.1, -0.05) is 142 Å². The Labute approximate surface area is 256 Å². The minimum atomic E-state index is -2.82. The summed E-state index contributed by atoms with van der Waals surface area (Å²) in [6.07, 6.45) is -0.900. The molecule has 0 bridgehead atoms. The van der Waals surface area contributed by atoms with Crippen LogP contribution in [0.25, 0.3) is 0 Å². The smallest absolute Gasteiger partial charge is 0.261 e. The van der Waals surface area contributed by atoms with Gasteiger partial charge in [0, 0.05) is 11.1 Å². The van der Waals surface area contributed by atoms with Crippen LogP contribution in [0.4, 0.5) is 0 Å². The molecule has 0 amide bonds. The summed E-state index contributed by atoms with van der Waals surface area (Å²) in [6, 6.07) is 44.7. The predicted molar refractivity (Wildman–Crippen MR) is 177 cm³/mol. The van der Waals surface area contributed by atoms with Crippen LogP contribution in [0.5, 0.6) is 11.5 Å². The first-order valence-corrected chi connectivity index (χ1v) is 16.6. The minimum absolute atomic E-state index is 0.184. The zero-order valence-corrected chi connectivity index (χ0v) is 26.4. The normalized spacial score (nSPS) is 12.5. The van der Waals surface area contributed by atoms with E-state index in [1.807, 2.05) is 84.9 Å². The van der Waals surface area contributed by atoms with E-state index < -0.39 is 14.4 Å². The second-order valence-electron chi connectivity index (χ2n) is 11.7. The van der Waals surface area contributed by atoms with E-state index in [1.165, 1.54) is 10.4 Å². The Kier molecular flexibility index (Phi) is 9.46. The molecule has 0 aliphatic rings. The monoisotopic (exact) mass is 588 g/mol. The summed E-state index contributed by atoms with van der Waals surface area (Å²) in [5.74, 6) is 1.25. The molecule has 1 N–H and O–H groups in total. The lowest BCUT2D eigenvalue weighted by Crippen LogP contribution is -2.66. The van der Waals surface area contributed by atoms with Crippen molar-refractivity contribution in [3.05, 3.63) is 156 Å². The Morgan fingerprint density at radius 1 is 0.674 bits per heavy atom. The van der Waals surface area contributed by atoms with Crippen molar-refractivity contribution in [2.24, 2.45) is 0 Å². The molecule has 43 heavy (non-hydrogen) atoms. The van der Waals surface area contributed by atoms with E-state index >= 15 is 0 Å². The van der Waals surface area contributed by atoms with Crippen molar-refractivity contribution in [2.75, 3.05) is 7.11 Å². The second-order valence-corrected chi connectivity index (χ2v) is 16.1. The molecule has 1 unspecified atom stereocenters. The topological polar surface area (TPSA) is 47.9 Å². The molecule has 1 atom stereocenters. The summed E-state index contributed by atoms with van der Waals surface area (Å²) < 4.78 is 19.6. The maximum absolute atomic E-state index is 11.6. The van der Waals surface area contributed by atoms with Crippen LogP contribution in [-0.2, 0) is 17.6 Å². The van der Waals surface area contributed by atoms with E-state index in [-0.39, 0.29) is 11.6 Å². The van der Waals surface area contributed by atoms with E-state index in [1.54, 1.807) is 7.11 Å². The highest BCUT2D eigenvalue weighted by Crippen LogP contribution is 2.40. The Morgan fingerprint density at radius 2 is 1.19 bits per heavy atom. The van der Waals surface area contributed by atoms with Gasteiger partial charge in [0.25, 0.3) is 8.32 Å². The number of aliphatic hydroxyl groups excluding tert-OH is 1. The summed E-state index contributed by atoms with van der Waals surface area (Å²) in [7, 11) is -1.18. The van der Waals surface area contributed by atoms with Gasteiger partial charge in [-0.25, -0.2) is 0 Å². The molecule has 0 fully saturated rings. The average molecular weight is 589 g/mol. The lowest BCUT2D eigenvalue weighted by Gasteiger charge is -2.43. The van der Waals surface area contributed by atoms with Crippen molar-refractivity contribution < 1.29 is 19.0 Å². The number of rotatable bonds is 11. The van der Waals surface area contributed by atoms with Crippen molar-refractivity contribution in [1.82, 2.24) is 0 Å². The molecular formula is C38H40O4Si. The van der Waals surface area contributed by atoms with Gasteiger partial charge in [-0.2, -0.15) is 0 Å². The van der Waals surface area contributed by atoms with Crippen molar-refractivity contribution in [3.63, 3.8) is 0 Å². The SMILES string of the molecule is COc1c(CO[Si](c2ccccc2)(c2ccccc2)C(C)(C)C)cc(OCc2ccccc2)cc1C(O)c1ccccc1. The van der Waals surface area contributed by atoms with Crippen LogP contribution in [-0.4, -0.2) is 20.5 Å². The summed E-state index contributed by atoms with van der Waals surface area (Å²) >= 11 is 0. The molecule has 0 heterocycles. The van der Waals surface area contributed by atoms with E-state index in [0.29, 0.717) is 23.7 Å². The molecular weight excluding hydrogens is 549 g/mol. The maximum atomic E-state index is 11.6. The molecule has 5 heteroatoms. The second kappa shape index (κ2) is 13.4. The third-order valence-electron chi connectivity index (χ3n) is 7.89. The summed E-state index contributed by atoms with van der Waals surface area (Å²) in [6.45, 7) is 7.48. The van der Waals surface area contributed by atoms with Crippen molar-refractivity contribution >= 4 is 18.7 Å². The van der Waals surface area contributed by atoms with Gasteiger partial charge >= 0.3 is 0 Å². The van der Waals surface area contributed by atoms with Crippen LogP contribution in [0.15, 0.2) is 133 Å². The van der Waals surface area contributed by atoms with Gasteiger partial charge in [-0.05, 0) is 38.7 Å². The molecule has 0 aromatic heterocycles. The van der Waals surface area contributed by atoms with E-state index in [9.17, 15) is 5.11 Å². The molecule has 5 rings (SSSR count). The van der Waals surface area contributed by atoms with Crippen LogP contribution in [0.2, 0.25) is 5.04 Å². The van der Waals surface area contributed by atoms with Crippen molar-refractivity contribution in [2.45, 2.75) is 45.1 Å². The van der Waals surface area contributed by atoms with Gasteiger partial charge in [0.15, 0.2) is 0 Å². The van der Waals surface area contributed by atoms with E-state index in [4.69, 9.17) is 13.9 Å². The third kappa shape index (κ3) is 6.60. The van der Waals surface area contributed by atoms with Crippen molar-refractivity contribution in [1.29, 1.82) is 0 Å². The average Bonchev–Trinajstić information content (AvgIpc) is 3.04. The molecule has 4 nitrogen and oxygen atoms in total. The number of ether oxygens (including phenoxy) is 2. The van der Waals surface area contributed by atoms with Crippen LogP contribution in [0.3, 0.4) is 0 Å². The Balaban J connectivity index is 1.60. The molecule has 5 aromatic carbocycles. The first-order valence-electron chi connectivity index (χ1n) is 14.7. The molecule has 0 aliphatic carbocycles. The van der Waals surface area contributed by atoms with Gasteiger partial charge in [0.05, 0.1) is 13.7 Å². The number of benzene rings is 5. The van der Waals surface area contributed by atoms with Gasteiger partial charge < -0.3 is 19.0 Å². The van der Waals surface area contributed by atoms with Gasteiger partial charge in [-0.3, -0.25) is 0 Å². The first-order chi connectivity index (χ1) is 20.8. The molecule has 0 saturated carbocycles. The molecule has 5 aromatic rings. The molecule has 0 saturated heterocycles. The molecule has 0 spiro atoms. The summed E-state index contributed by atoms with van der Waals surface area (Å²) in [5, 5.41) is 13.8. The quantitative estimate of drug-likeness (QED) is 0.163. The number of hydrogen-bond acceptors (Lipinski definition) is 4. The van der Waals surface area contributed by atoms with Crippen LogP contribution in [0.1, 0.15) is 49.1 Å². The Hall–Kier alpha value is -4.16. The third-order valence-corrected chi connectivity index (χ3v) is 12.9.